The van der Waals surface area contributed by atoms with E-state index in [9.17, 15) is 4.79 Å². The largest absolute Gasteiger partial charge is 0.468 e. The Bertz CT molecular complexity index is 352. The summed E-state index contributed by atoms with van der Waals surface area (Å²) in [5.41, 5.74) is 0. The molecular formula is C10H17N3O2S. The van der Waals surface area contributed by atoms with Crippen LogP contribution in [-0.4, -0.2) is 33.6 Å². The van der Waals surface area contributed by atoms with Crippen molar-refractivity contribution >= 4 is 17.7 Å². The van der Waals surface area contributed by atoms with Crippen molar-refractivity contribution < 1.29 is 9.53 Å². The Morgan fingerprint density at radius 1 is 1.44 bits per heavy atom. The number of aromatic nitrogens is 3. The molecule has 0 aliphatic heterocycles. The fraction of sp³-hybridized carbons (Fsp3) is 0.700. The number of carbonyl (C=O) groups is 1. The Labute approximate surface area is 99.6 Å². The van der Waals surface area contributed by atoms with Crippen LogP contribution in [0.15, 0.2) is 5.16 Å². The zero-order chi connectivity index (χ0) is 12.0. The molecule has 0 aromatic carbocycles. The molecule has 5 nitrogen and oxygen atoms in total. The number of hydrogen-bond acceptors (Lipinski definition) is 5. The normalized spacial score (nSPS) is 10.4. The summed E-state index contributed by atoms with van der Waals surface area (Å²) >= 11 is 1.37. The van der Waals surface area contributed by atoms with Crippen molar-refractivity contribution in [3.05, 3.63) is 5.82 Å². The molecule has 6 heteroatoms. The minimum absolute atomic E-state index is 0.243. The first-order chi connectivity index (χ1) is 7.72. The molecule has 0 saturated heterocycles. The summed E-state index contributed by atoms with van der Waals surface area (Å²) < 4.78 is 6.62. The third-order valence-electron chi connectivity index (χ3n) is 2.13. The molecule has 0 spiro atoms. The first kappa shape index (κ1) is 13.0. The third kappa shape index (κ3) is 3.23. The van der Waals surface area contributed by atoms with Crippen LogP contribution in [0.25, 0.3) is 0 Å². The van der Waals surface area contributed by atoms with Gasteiger partial charge in [0, 0.05) is 13.0 Å². The zero-order valence-electron chi connectivity index (χ0n) is 9.89. The van der Waals surface area contributed by atoms with Crippen molar-refractivity contribution in [2.45, 2.75) is 38.4 Å². The van der Waals surface area contributed by atoms with E-state index in [1.54, 1.807) is 0 Å². The molecule has 0 fully saturated rings. The highest BCUT2D eigenvalue weighted by molar-refractivity contribution is 7.99. The van der Waals surface area contributed by atoms with Crippen LogP contribution in [0.5, 0.6) is 0 Å². The molecule has 0 aliphatic carbocycles. The highest BCUT2D eigenvalue weighted by Crippen LogP contribution is 2.17. The lowest BCUT2D eigenvalue weighted by atomic mass is 10.3. The molecule has 0 radical (unpaired) electrons. The number of thioether (sulfide) groups is 1. The summed E-state index contributed by atoms with van der Waals surface area (Å²) in [5.74, 6) is 1.02. The Balaban J connectivity index is 2.68. The van der Waals surface area contributed by atoms with Crippen molar-refractivity contribution in [1.82, 2.24) is 14.8 Å². The van der Waals surface area contributed by atoms with Crippen LogP contribution in [0.2, 0.25) is 0 Å². The van der Waals surface area contributed by atoms with E-state index in [2.05, 4.69) is 21.9 Å². The number of methoxy groups -OCH3 is 1. The fourth-order valence-corrected chi connectivity index (χ4v) is 2.19. The molecule has 1 aromatic heterocycles. The maximum atomic E-state index is 11.0. The molecular weight excluding hydrogens is 226 g/mol. The number of carbonyl (C=O) groups excluding carboxylic acids is 1. The van der Waals surface area contributed by atoms with Gasteiger partial charge in [0.2, 0.25) is 0 Å². The number of aryl methyl sites for hydroxylation is 1. The van der Waals surface area contributed by atoms with Gasteiger partial charge in [-0.3, -0.25) is 4.79 Å². The molecule has 0 bridgehead atoms. The first-order valence-electron chi connectivity index (χ1n) is 5.34. The van der Waals surface area contributed by atoms with E-state index in [1.165, 1.54) is 18.9 Å². The molecule has 1 heterocycles. The average molecular weight is 243 g/mol. The van der Waals surface area contributed by atoms with E-state index in [4.69, 9.17) is 0 Å². The average Bonchev–Trinajstić information content (AvgIpc) is 2.68. The van der Waals surface area contributed by atoms with Crippen LogP contribution >= 0.6 is 11.8 Å². The number of nitrogens with zero attached hydrogens (tertiary/aromatic N) is 3. The molecule has 0 saturated carbocycles. The fourth-order valence-electron chi connectivity index (χ4n) is 1.33. The van der Waals surface area contributed by atoms with E-state index >= 15 is 0 Å². The van der Waals surface area contributed by atoms with Crippen LogP contribution in [-0.2, 0) is 22.5 Å². The van der Waals surface area contributed by atoms with E-state index in [-0.39, 0.29) is 11.7 Å². The number of hydrogen-bond donors (Lipinski definition) is 0. The second-order valence-corrected chi connectivity index (χ2v) is 4.20. The van der Waals surface area contributed by atoms with Crippen LogP contribution < -0.4 is 0 Å². The third-order valence-corrected chi connectivity index (χ3v) is 3.07. The quantitative estimate of drug-likeness (QED) is 0.560. The predicted octanol–water partition coefficient (Wildman–Crippen LogP) is 1.52. The van der Waals surface area contributed by atoms with E-state index < -0.39 is 0 Å². The number of ether oxygens (including phenoxy) is 1. The summed E-state index contributed by atoms with van der Waals surface area (Å²) in [4.78, 5) is 11.0. The lowest BCUT2D eigenvalue weighted by Crippen LogP contribution is -2.06. The summed E-state index contributed by atoms with van der Waals surface area (Å²) in [7, 11) is 1.38. The van der Waals surface area contributed by atoms with Crippen molar-refractivity contribution in [3.8, 4) is 0 Å². The molecule has 1 rings (SSSR count). The van der Waals surface area contributed by atoms with Crippen LogP contribution in [0.3, 0.4) is 0 Å². The van der Waals surface area contributed by atoms with Gasteiger partial charge in [-0.25, -0.2) is 0 Å². The molecule has 0 atom stereocenters. The lowest BCUT2D eigenvalue weighted by Gasteiger charge is -2.05. The monoisotopic (exact) mass is 243 g/mol. The summed E-state index contributed by atoms with van der Waals surface area (Å²) in [5, 5.41) is 8.99. The SMILES string of the molecule is CCCc1nnc(SCC(=O)OC)n1CC. The Kier molecular flexibility index (Phi) is 5.31. The molecule has 0 N–H and O–H groups in total. The van der Waals surface area contributed by atoms with Crippen molar-refractivity contribution in [3.63, 3.8) is 0 Å². The molecule has 1 aromatic rings. The molecule has 0 unspecified atom stereocenters. The highest BCUT2D eigenvalue weighted by Gasteiger charge is 2.12. The second-order valence-electron chi connectivity index (χ2n) is 3.26. The van der Waals surface area contributed by atoms with E-state index in [1.807, 2.05) is 11.5 Å². The summed E-state index contributed by atoms with van der Waals surface area (Å²) in [6.07, 6.45) is 1.96. The number of esters is 1. The van der Waals surface area contributed by atoms with Crippen molar-refractivity contribution in [2.75, 3.05) is 12.9 Å². The van der Waals surface area contributed by atoms with E-state index in [0.717, 1.165) is 30.4 Å². The Hall–Kier alpha value is -1.04. The second kappa shape index (κ2) is 6.52. The maximum absolute atomic E-state index is 11.0. The van der Waals surface area contributed by atoms with Crippen LogP contribution in [0.1, 0.15) is 26.1 Å². The minimum atomic E-state index is -0.243. The Morgan fingerprint density at radius 2 is 2.19 bits per heavy atom. The molecule has 0 amide bonds. The van der Waals surface area contributed by atoms with Crippen LogP contribution in [0.4, 0.5) is 0 Å². The van der Waals surface area contributed by atoms with Gasteiger partial charge in [0.25, 0.3) is 0 Å². The van der Waals surface area contributed by atoms with Gasteiger partial charge in [-0.05, 0) is 13.3 Å². The van der Waals surface area contributed by atoms with Gasteiger partial charge in [0.1, 0.15) is 5.82 Å². The van der Waals surface area contributed by atoms with E-state index in [0.29, 0.717) is 0 Å². The summed E-state index contributed by atoms with van der Waals surface area (Å²) in [6.45, 7) is 4.98. The lowest BCUT2D eigenvalue weighted by molar-refractivity contribution is -0.137. The molecule has 90 valence electrons. The smallest absolute Gasteiger partial charge is 0.316 e. The molecule has 16 heavy (non-hydrogen) atoms. The van der Waals surface area contributed by atoms with Crippen molar-refractivity contribution in [1.29, 1.82) is 0 Å². The van der Waals surface area contributed by atoms with Gasteiger partial charge in [-0.2, -0.15) is 0 Å². The minimum Gasteiger partial charge on any atom is -0.468 e. The van der Waals surface area contributed by atoms with Gasteiger partial charge >= 0.3 is 5.97 Å². The Morgan fingerprint density at radius 3 is 2.75 bits per heavy atom. The highest BCUT2D eigenvalue weighted by atomic mass is 32.2. The maximum Gasteiger partial charge on any atom is 0.316 e. The summed E-state index contributed by atoms with van der Waals surface area (Å²) in [6, 6.07) is 0. The zero-order valence-corrected chi connectivity index (χ0v) is 10.7. The number of rotatable bonds is 6. The standard InChI is InChI=1S/C10H17N3O2S/c1-4-6-8-11-12-10(13(8)5-2)16-7-9(14)15-3/h4-7H2,1-3H3. The van der Waals surface area contributed by atoms with Gasteiger partial charge in [0.05, 0.1) is 12.9 Å². The van der Waals surface area contributed by atoms with Gasteiger partial charge in [-0.15, -0.1) is 10.2 Å². The first-order valence-corrected chi connectivity index (χ1v) is 6.33. The molecule has 0 aliphatic rings. The van der Waals surface area contributed by atoms with Gasteiger partial charge in [0.15, 0.2) is 5.16 Å². The van der Waals surface area contributed by atoms with Crippen molar-refractivity contribution in [2.24, 2.45) is 0 Å². The topological polar surface area (TPSA) is 57.0 Å². The predicted molar refractivity (Wildman–Crippen MR) is 62.4 cm³/mol. The van der Waals surface area contributed by atoms with Gasteiger partial charge in [-0.1, -0.05) is 18.7 Å². The van der Waals surface area contributed by atoms with Gasteiger partial charge < -0.3 is 9.30 Å². The van der Waals surface area contributed by atoms with Crippen LogP contribution in [0, 0.1) is 0 Å².